The number of amides is 1. The smallest absolute Gasteiger partial charge is 0.274 e. The van der Waals surface area contributed by atoms with Crippen LogP contribution >= 0.6 is 0 Å². The quantitative estimate of drug-likeness (QED) is 0.743. The lowest BCUT2D eigenvalue weighted by molar-refractivity contribution is -0.103. The topological polar surface area (TPSA) is 50.6 Å². The van der Waals surface area contributed by atoms with Gasteiger partial charge >= 0.3 is 0 Å². The number of hydrogen-bond acceptors (Lipinski definition) is 4. The van der Waals surface area contributed by atoms with Crippen LogP contribution in [0.4, 0.5) is 0 Å². The fourth-order valence-corrected chi connectivity index (χ4v) is 5.46. The Bertz CT molecular complexity index is 909. The Morgan fingerprint density at radius 2 is 1.84 bits per heavy atom. The lowest BCUT2D eigenvalue weighted by Crippen LogP contribution is -2.49. The molecule has 0 aliphatic carbocycles. The van der Waals surface area contributed by atoms with Crippen LogP contribution < -0.4 is 0 Å². The van der Waals surface area contributed by atoms with Gasteiger partial charge in [0.2, 0.25) is 0 Å². The molecule has 0 radical (unpaired) electrons. The first-order valence-corrected chi connectivity index (χ1v) is 11.9. The molecule has 1 amide bonds. The number of nitrogens with zero attached hydrogens (tertiary/aromatic N) is 4. The molecule has 166 valence electrons. The molecule has 31 heavy (non-hydrogen) atoms. The number of fused-ring (bicyclic) bond motifs is 1. The summed E-state index contributed by atoms with van der Waals surface area (Å²) < 4.78 is 8.41. The number of aromatic nitrogens is 2. The molecule has 0 saturated carbocycles. The number of aryl methyl sites for hydroxylation is 2. The van der Waals surface area contributed by atoms with E-state index >= 15 is 0 Å². The van der Waals surface area contributed by atoms with E-state index in [9.17, 15) is 4.79 Å². The van der Waals surface area contributed by atoms with Gasteiger partial charge < -0.3 is 14.5 Å². The van der Waals surface area contributed by atoms with Crippen molar-refractivity contribution in [1.82, 2.24) is 19.6 Å². The molecule has 1 aromatic heterocycles. The zero-order valence-electron chi connectivity index (χ0n) is 18.7. The van der Waals surface area contributed by atoms with E-state index in [4.69, 9.17) is 4.74 Å². The lowest BCUT2D eigenvalue weighted by Gasteiger charge is -2.44. The molecule has 2 aromatic rings. The molecule has 3 aliphatic rings. The van der Waals surface area contributed by atoms with Gasteiger partial charge in [0, 0.05) is 50.9 Å². The van der Waals surface area contributed by atoms with Gasteiger partial charge in [0.1, 0.15) is 0 Å². The van der Waals surface area contributed by atoms with Crippen molar-refractivity contribution in [3.63, 3.8) is 0 Å². The third-order valence-corrected chi connectivity index (χ3v) is 7.43. The second-order valence-electron chi connectivity index (χ2n) is 9.48. The van der Waals surface area contributed by atoms with Gasteiger partial charge in [-0.25, -0.2) is 0 Å². The van der Waals surface area contributed by atoms with Crippen molar-refractivity contribution in [3.05, 3.63) is 52.8 Å². The Balaban J connectivity index is 1.18. The summed E-state index contributed by atoms with van der Waals surface area (Å²) in [6.07, 6.45) is 7.52. The molecule has 0 N–H and O–H groups in total. The van der Waals surface area contributed by atoms with E-state index in [-0.39, 0.29) is 11.5 Å². The van der Waals surface area contributed by atoms with Crippen molar-refractivity contribution in [2.45, 2.75) is 57.2 Å². The van der Waals surface area contributed by atoms with Gasteiger partial charge in [0.05, 0.1) is 12.2 Å². The summed E-state index contributed by atoms with van der Waals surface area (Å²) in [6, 6.07) is 10.8. The highest BCUT2D eigenvalue weighted by molar-refractivity contribution is 5.94. The van der Waals surface area contributed by atoms with Crippen LogP contribution in [0.2, 0.25) is 0 Å². The average molecular weight is 423 g/mol. The summed E-state index contributed by atoms with van der Waals surface area (Å²) in [7, 11) is 1.98. The normalized spacial score (nSPS) is 20.9. The van der Waals surface area contributed by atoms with E-state index in [2.05, 4.69) is 40.3 Å². The minimum atomic E-state index is -0.0926. The highest BCUT2D eigenvalue weighted by atomic mass is 16.5. The maximum Gasteiger partial charge on any atom is 0.274 e. The number of hydrogen-bond donors (Lipinski definition) is 0. The Labute approximate surface area is 185 Å². The molecule has 3 aliphatic heterocycles. The minimum absolute atomic E-state index is 0.0853. The number of carbonyl (C=O) groups excluding carboxylic acids is 1. The molecule has 0 unspecified atom stereocenters. The summed E-state index contributed by atoms with van der Waals surface area (Å²) in [4.78, 5) is 17.5. The van der Waals surface area contributed by atoms with Crippen molar-refractivity contribution in [2.24, 2.45) is 7.05 Å². The summed E-state index contributed by atoms with van der Waals surface area (Å²) in [6.45, 7) is 5.55. The molecule has 1 aromatic carbocycles. The SMILES string of the molecule is Cn1nc(C(=O)N2CCCC2)c2c1CC1(CCN(CCCc3ccccc3)CC1)OC2. The van der Waals surface area contributed by atoms with Crippen molar-refractivity contribution in [1.29, 1.82) is 0 Å². The first-order chi connectivity index (χ1) is 15.1. The van der Waals surface area contributed by atoms with E-state index in [0.717, 1.165) is 76.8 Å². The second-order valence-corrected chi connectivity index (χ2v) is 9.48. The van der Waals surface area contributed by atoms with Gasteiger partial charge in [-0.1, -0.05) is 30.3 Å². The van der Waals surface area contributed by atoms with Gasteiger partial charge in [-0.05, 0) is 50.6 Å². The summed E-state index contributed by atoms with van der Waals surface area (Å²) in [5.41, 5.74) is 4.17. The standard InChI is InChI=1S/C25H34N4O2/c1-27-22-18-25(31-19-21(22)23(26-27)24(30)29-14-5-6-15-29)11-16-28(17-12-25)13-7-10-20-8-3-2-4-9-20/h2-4,8-9H,5-7,10-19H2,1H3. The number of carbonyl (C=O) groups is 1. The van der Waals surface area contributed by atoms with E-state index in [0.29, 0.717) is 12.3 Å². The molecule has 1 spiro atoms. The first-order valence-electron chi connectivity index (χ1n) is 11.9. The Morgan fingerprint density at radius 3 is 2.58 bits per heavy atom. The summed E-state index contributed by atoms with van der Waals surface area (Å²) >= 11 is 0. The summed E-state index contributed by atoms with van der Waals surface area (Å²) in [5.74, 6) is 0.0853. The molecule has 4 heterocycles. The first kappa shape index (κ1) is 20.7. The molecule has 6 heteroatoms. The van der Waals surface area contributed by atoms with Gasteiger partial charge in [-0.15, -0.1) is 0 Å². The van der Waals surface area contributed by atoms with Gasteiger partial charge in [0.25, 0.3) is 5.91 Å². The van der Waals surface area contributed by atoms with Crippen LogP contribution in [0.25, 0.3) is 0 Å². The highest BCUT2D eigenvalue weighted by Crippen LogP contribution is 2.37. The number of likely N-dealkylation sites (tertiary alicyclic amines) is 2. The van der Waals surface area contributed by atoms with Gasteiger partial charge in [-0.3, -0.25) is 9.48 Å². The zero-order chi connectivity index (χ0) is 21.3. The van der Waals surface area contributed by atoms with Crippen LogP contribution in [0.3, 0.4) is 0 Å². The number of benzene rings is 1. The van der Waals surface area contributed by atoms with Crippen molar-refractivity contribution >= 4 is 5.91 Å². The van der Waals surface area contributed by atoms with E-state index in [1.165, 1.54) is 17.7 Å². The van der Waals surface area contributed by atoms with Crippen molar-refractivity contribution in [2.75, 3.05) is 32.7 Å². The van der Waals surface area contributed by atoms with Crippen LogP contribution in [0.15, 0.2) is 30.3 Å². The molecule has 2 fully saturated rings. The van der Waals surface area contributed by atoms with Crippen LogP contribution in [0.5, 0.6) is 0 Å². The van der Waals surface area contributed by atoms with Crippen LogP contribution in [-0.4, -0.2) is 63.8 Å². The minimum Gasteiger partial charge on any atom is -0.370 e. The predicted molar refractivity (Wildman–Crippen MR) is 120 cm³/mol. The van der Waals surface area contributed by atoms with E-state index < -0.39 is 0 Å². The molecule has 0 bridgehead atoms. The fourth-order valence-electron chi connectivity index (χ4n) is 5.46. The maximum atomic E-state index is 12.9. The Hall–Kier alpha value is -2.18. The van der Waals surface area contributed by atoms with Crippen molar-refractivity contribution < 1.29 is 9.53 Å². The largest absolute Gasteiger partial charge is 0.370 e. The number of ether oxygens (including phenoxy) is 1. The lowest BCUT2D eigenvalue weighted by atomic mass is 9.83. The van der Waals surface area contributed by atoms with Gasteiger partial charge in [0.15, 0.2) is 5.69 Å². The summed E-state index contributed by atoms with van der Waals surface area (Å²) in [5, 5.41) is 4.63. The molecule has 5 rings (SSSR count). The molecule has 0 atom stereocenters. The monoisotopic (exact) mass is 422 g/mol. The van der Waals surface area contributed by atoms with E-state index in [1.807, 2.05) is 16.6 Å². The number of rotatable bonds is 5. The predicted octanol–water partition coefficient (Wildman–Crippen LogP) is 3.20. The highest BCUT2D eigenvalue weighted by Gasteiger charge is 2.42. The molecule has 2 saturated heterocycles. The van der Waals surface area contributed by atoms with Crippen molar-refractivity contribution in [3.8, 4) is 0 Å². The fraction of sp³-hybridized carbons (Fsp3) is 0.600. The Morgan fingerprint density at radius 1 is 1.10 bits per heavy atom. The third kappa shape index (κ3) is 4.28. The molecular weight excluding hydrogens is 388 g/mol. The average Bonchev–Trinajstić information content (AvgIpc) is 3.44. The second kappa shape index (κ2) is 8.75. The maximum absolute atomic E-state index is 12.9. The molecular formula is C25H34N4O2. The van der Waals surface area contributed by atoms with Crippen LogP contribution in [0, 0.1) is 0 Å². The zero-order valence-corrected chi connectivity index (χ0v) is 18.7. The van der Waals surface area contributed by atoms with Gasteiger partial charge in [-0.2, -0.15) is 5.10 Å². The third-order valence-electron chi connectivity index (χ3n) is 7.43. The molecule has 6 nitrogen and oxygen atoms in total. The van der Waals surface area contributed by atoms with Crippen LogP contribution in [0.1, 0.15) is 59.4 Å². The number of piperidine rings is 1. The van der Waals surface area contributed by atoms with Crippen LogP contribution in [-0.2, 0) is 31.2 Å². The van der Waals surface area contributed by atoms with E-state index in [1.54, 1.807) is 0 Å². The Kier molecular flexibility index (Phi) is 5.85.